The van der Waals surface area contributed by atoms with Gasteiger partial charge in [-0.25, -0.2) is 9.69 Å². The van der Waals surface area contributed by atoms with Crippen LogP contribution >= 0.6 is 0 Å². The third-order valence-electron chi connectivity index (χ3n) is 2.54. The molecule has 0 spiro atoms. The number of nitrogens with zero attached hydrogens (tertiary/aromatic N) is 1. The van der Waals surface area contributed by atoms with Gasteiger partial charge in [-0.2, -0.15) is 0 Å². The molecule has 0 aliphatic carbocycles. The number of aliphatic hydroxyl groups is 1. The number of β-lactam (4-membered cyclic amide) rings is 1. The summed E-state index contributed by atoms with van der Waals surface area (Å²) in [6.07, 6.45) is -0.0172. The van der Waals surface area contributed by atoms with Crippen molar-refractivity contribution in [2.75, 3.05) is 0 Å². The van der Waals surface area contributed by atoms with Gasteiger partial charge in [-0.05, 0) is 27.7 Å². The van der Waals surface area contributed by atoms with E-state index in [4.69, 9.17) is 4.74 Å². The van der Waals surface area contributed by atoms with E-state index in [1.165, 1.54) is 13.0 Å². The predicted octanol–water partition coefficient (Wildman–Crippen LogP) is 1.32. The highest BCUT2D eigenvalue weighted by atomic mass is 16.6. The van der Waals surface area contributed by atoms with E-state index in [0.717, 1.165) is 4.90 Å². The van der Waals surface area contributed by atoms with E-state index >= 15 is 0 Å². The number of likely N-dealkylation sites (tertiary alicyclic amines) is 1. The maximum absolute atomic E-state index is 11.7. The van der Waals surface area contributed by atoms with E-state index in [1.54, 1.807) is 20.8 Å². The van der Waals surface area contributed by atoms with Crippen LogP contribution in [0.2, 0.25) is 0 Å². The van der Waals surface area contributed by atoms with Gasteiger partial charge in [0, 0.05) is 0 Å². The van der Waals surface area contributed by atoms with Crippen LogP contribution in [-0.2, 0) is 9.53 Å². The highest BCUT2D eigenvalue weighted by Crippen LogP contribution is 2.31. The summed E-state index contributed by atoms with van der Waals surface area (Å²) in [5.74, 6) is -1.01. The molecule has 96 valence electrons. The Balaban J connectivity index is 2.77. The number of amides is 2. The van der Waals surface area contributed by atoms with E-state index in [0.29, 0.717) is 0 Å². The van der Waals surface area contributed by atoms with Crippen molar-refractivity contribution in [2.45, 2.75) is 45.4 Å². The molecule has 1 fully saturated rings. The van der Waals surface area contributed by atoms with Gasteiger partial charge in [0.2, 0.25) is 5.91 Å². The van der Waals surface area contributed by atoms with Crippen molar-refractivity contribution in [1.82, 2.24) is 4.90 Å². The van der Waals surface area contributed by atoms with Crippen molar-refractivity contribution in [1.29, 1.82) is 0 Å². The first-order chi connectivity index (χ1) is 7.69. The highest BCUT2D eigenvalue weighted by Gasteiger charge is 2.52. The lowest BCUT2D eigenvalue weighted by atomic mass is 9.84. The van der Waals surface area contributed by atoms with Gasteiger partial charge < -0.3 is 9.84 Å². The molecule has 17 heavy (non-hydrogen) atoms. The number of carbonyl (C=O) groups is 2. The Labute approximate surface area is 101 Å². The summed E-state index contributed by atoms with van der Waals surface area (Å²) in [5.41, 5.74) is -0.654. The van der Waals surface area contributed by atoms with Crippen LogP contribution in [-0.4, -0.2) is 39.8 Å². The fraction of sp³-hybridized carbons (Fsp3) is 0.667. The summed E-state index contributed by atoms with van der Waals surface area (Å²) in [4.78, 5) is 24.5. The van der Waals surface area contributed by atoms with Gasteiger partial charge in [-0.3, -0.25) is 4.79 Å². The molecular formula is C12H19NO4. The molecule has 0 aromatic rings. The second kappa shape index (κ2) is 4.49. The Bertz CT molecular complexity index is 343. The van der Waals surface area contributed by atoms with Gasteiger partial charge in [-0.15, -0.1) is 6.58 Å². The lowest BCUT2D eigenvalue weighted by molar-refractivity contribution is -0.157. The SMILES string of the molecule is C=C[C@@H]1[C@@H]([C@@H](C)O)C(=O)N1C(=O)OC(C)(C)C. The number of rotatable bonds is 2. The van der Waals surface area contributed by atoms with Gasteiger partial charge in [0.15, 0.2) is 0 Å². The molecule has 0 radical (unpaired) electrons. The van der Waals surface area contributed by atoms with Crippen molar-refractivity contribution in [3.63, 3.8) is 0 Å². The Morgan fingerprint density at radius 3 is 2.47 bits per heavy atom. The summed E-state index contributed by atoms with van der Waals surface area (Å²) in [5, 5.41) is 9.43. The molecule has 1 aliphatic heterocycles. The van der Waals surface area contributed by atoms with Crippen molar-refractivity contribution in [2.24, 2.45) is 5.92 Å². The second-order valence-electron chi connectivity index (χ2n) is 5.18. The standard InChI is InChI=1S/C12H19NO4/c1-6-8-9(7(2)14)10(15)13(8)11(16)17-12(3,4)5/h6-9,14H,1H2,2-5H3/t7-,8-,9-/m1/s1. The van der Waals surface area contributed by atoms with Gasteiger partial charge >= 0.3 is 6.09 Å². The zero-order valence-electron chi connectivity index (χ0n) is 10.6. The van der Waals surface area contributed by atoms with Crippen LogP contribution in [0.5, 0.6) is 0 Å². The third kappa shape index (κ3) is 2.66. The molecule has 0 aromatic heterocycles. The first kappa shape index (κ1) is 13.7. The zero-order valence-corrected chi connectivity index (χ0v) is 10.6. The molecule has 1 rings (SSSR count). The largest absolute Gasteiger partial charge is 0.443 e. The molecule has 1 aliphatic rings. The number of imide groups is 1. The zero-order chi connectivity index (χ0) is 13.4. The number of carbonyl (C=O) groups excluding carboxylic acids is 2. The molecule has 3 atom stereocenters. The molecule has 0 saturated carbocycles. The normalized spacial score (nSPS) is 26.2. The summed E-state index contributed by atoms with van der Waals surface area (Å²) in [6.45, 7) is 10.3. The Morgan fingerprint density at radius 1 is 1.59 bits per heavy atom. The third-order valence-corrected chi connectivity index (χ3v) is 2.54. The van der Waals surface area contributed by atoms with Crippen LogP contribution in [0.4, 0.5) is 4.79 Å². The fourth-order valence-corrected chi connectivity index (χ4v) is 1.80. The van der Waals surface area contributed by atoms with Crippen molar-refractivity contribution >= 4 is 12.0 Å². The van der Waals surface area contributed by atoms with Crippen molar-refractivity contribution in [3.05, 3.63) is 12.7 Å². The van der Waals surface area contributed by atoms with E-state index in [1.807, 2.05) is 0 Å². The smallest absolute Gasteiger partial charge is 0.417 e. The minimum atomic E-state index is -0.802. The summed E-state index contributed by atoms with van der Waals surface area (Å²) in [7, 11) is 0. The minimum absolute atomic E-state index is 0.417. The first-order valence-electron chi connectivity index (χ1n) is 5.55. The van der Waals surface area contributed by atoms with E-state index < -0.39 is 35.7 Å². The van der Waals surface area contributed by atoms with Gasteiger partial charge in [0.1, 0.15) is 5.60 Å². The van der Waals surface area contributed by atoms with E-state index in [2.05, 4.69) is 6.58 Å². The monoisotopic (exact) mass is 241 g/mol. The Morgan fingerprint density at radius 2 is 2.12 bits per heavy atom. The highest BCUT2D eigenvalue weighted by molar-refractivity contribution is 6.00. The number of aliphatic hydroxyl groups excluding tert-OH is 1. The predicted molar refractivity (Wildman–Crippen MR) is 62.2 cm³/mol. The average molecular weight is 241 g/mol. The molecular weight excluding hydrogens is 222 g/mol. The molecule has 0 bridgehead atoms. The molecule has 0 unspecified atom stereocenters. The van der Waals surface area contributed by atoms with Crippen LogP contribution in [0, 0.1) is 5.92 Å². The van der Waals surface area contributed by atoms with Crippen LogP contribution in [0.1, 0.15) is 27.7 Å². The number of hydrogen-bond acceptors (Lipinski definition) is 4. The van der Waals surface area contributed by atoms with Crippen LogP contribution < -0.4 is 0 Å². The lowest BCUT2D eigenvalue weighted by Gasteiger charge is -2.45. The maximum Gasteiger partial charge on any atom is 0.417 e. The van der Waals surface area contributed by atoms with Crippen LogP contribution in [0.25, 0.3) is 0 Å². The number of hydrogen-bond donors (Lipinski definition) is 1. The van der Waals surface area contributed by atoms with Crippen molar-refractivity contribution in [3.8, 4) is 0 Å². The topological polar surface area (TPSA) is 66.8 Å². The van der Waals surface area contributed by atoms with Gasteiger partial charge in [0.05, 0.1) is 18.1 Å². The minimum Gasteiger partial charge on any atom is -0.443 e. The molecule has 2 amide bonds. The maximum atomic E-state index is 11.7. The molecule has 5 heteroatoms. The van der Waals surface area contributed by atoms with Crippen LogP contribution in [0.15, 0.2) is 12.7 Å². The molecule has 1 N–H and O–H groups in total. The van der Waals surface area contributed by atoms with Crippen LogP contribution in [0.3, 0.4) is 0 Å². The molecule has 5 nitrogen and oxygen atoms in total. The molecule has 0 aromatic carbocycles. The van der Waals surface area contributed by atoms with E-state index in [-0.39, 0.29) is 0 Å². The van der Waals surface area contributed by atoms with E-state index in [9.17, 15) is 14.7 Å². The lowest BCUT2D eigenvalue weighted by Crippen LogP contribution is -2.65. The summed E-state index contributed by atoms with van der Waals surface area (Å²) < 4.78 is 5.11. The Hall–Kier alpha value is -1.36. The summed E-state index contributed by atoms with van der Waals surface area (Å²) in [6, 6.07) is -0.489. The molecule has 1 heterocycles. The Kier molecular flexibility index (Phi) is 3.62. The number of ether oxygens (including phenoxy) is 1. The second-order valence-corrected chi connectivity index (χ2v) is 5.18. The quantitative estimate of drug-likeness (QED) is 0.585. The summed E-state index contributed by atoms with van der Waals surface area (Å²) >= 11 is 0. The average Bonchev–Trinajstić information content (AvgIpc) is 2.09. The van der Waals surface area contributed by atoms with Crippen molar-refractivity contribution < 1.29 is 19.4 Å². The molecule has 1 saturated heterocycles. The first-order valence-corrected chi connectivity index (χ1v) is 5.55. The fourth-order valence-electron chi connectivity index (χ4n) is 1.80. The van der Waals surface area contributed by atoms with Gasteiger partial charge in [-0.1, -0.05) is 6.08 Å². The van der Waals surface area contributed by atoms with Gasteiger partial charge in [0.25, 0.3) is 0 Å².